The zero-order valence-electron chi connectivity index (χ0n) is 15.6. The first-order valence-corrected chi connectivity index (χ1v) is 10.2. The molecule has 1 aromatic rings. The van der Waals surface area contributed by atoms with Crippen LogP contribution in [0.3, 0.4) is 0 Å². The van der Waals surface area contributed by atoms with Crippen LogP contribution in [-0.2, 0) is 14.8 Å². The highest BCUT2D eigenvalue weighted by Crippen LogP contribution is 2.26. The predicted octanol–water partition coefficient (Wildman–Crippen LogP) is 2.50. The molecule has 1 aliphatic heterocycles. The molecule has 1 saturated heterocycles. The van der Waals surface area contributed by atoms with Gasteiger partial charge in [0.15, 0.2) is 0 Å². The Hall–Kier alpha value is -1.44. The number of nitrogens with one attached hydrogen (secondary N) is 2. The van der Waals surface area contributed by atoms with E-state index in [1.165, 1.54) is 0 Å². The number of benzene rings is 1. The molecule has 1 aromatic carbocycles. The summed E-state index contributed by atoms with van der Waals surface area (Å²) in [4.78, 5) is 12.3. The van der Waals surface area contributed by atoms with Crippen LogP contribution in [0.5, 0.6) is 0 Å². The van der Waals surface area contributed by atoms with Gasteiger partial charge in [-0.15, -0.1) is 0 Å². The monoisotopic (exact) mass is 367 g/mol. The quantitative estimate of drug-likeness (QED) is 0.838. The summed E-state index contributed by atoms with van der Waals surface area (Å²) in [6.07, 6.45) is 2.86. The number of piperidine rings is 1. The second-order valence-electron chi connectivity index (χ2n) is 7.60. The van der Waals surface area contributed by atoms with Crippen molar-refractivity contribution < 1.29 is 13.2 Å². The van der Waals surface area contributed by atoms with Crippen LogP contribution >= 0.6 is 0 Å². The average molecular weight is 368 g/mol. The SMILES string of the molecule is Cc1ccc(NC(=O)CNC(C)(C)C)cc1S(=O)(=O)N1CCCCC1. The minimum absolute atomic E-state index is 0.159. The lowest BCUT2D eigenvalue weighted by atomic mass is 10.1. The van der Waals surface area contributed by atoms with Crippen molar-refractivity contribution in [3.8, 4) is 0 Å². The summed E-state index contributed by atoms with van der Waals surface area (Å²) in [7, 11) is -3.52. The summed E-state index contributed by atoms with van der Waals surface area (Å²) < 4.78 is 27.4. The van der Waals surface area contributed by atoms with E-state index in [-0.39, 0.29) is 22.9 Å². The van der Waals surface area contributed by atoms with Gasteiger partial charge in [-0.1, -0.05) is 12.5 Å². The fraction of sp³-hybridized carbons (Fsp3) is 0.611. The lowest BCUT2D eigenvalue weighted by molar-refractivity contribution is -0.115. The zero-order valence-corrected chi connectivity index (χ0v) is 16.4. The molecule has 7 heteroatoms. The Balaban J connectivity index is 2.15. The number of amides is 1. The van der Waals surface area contributed by atoms with E-state index in [4.69, 9.17) is 0 Å². The van der Waals surface area contributed by atoms with Crippen LogP contribution in [0.1, 0.15) is 45.6 Å². The van der Waals surface area contributed by atoms with E-state index in [1.54, 1.807) is 29.4 Å². The molecule has 0 spiro atoms. The fourth-order valence-corrected chi connectivity index (χ4v) is 4.52. The van der Waals surface area contributed by atoms with Gasteiger partial charge in [-0.25, -0.2) is 8.42 Å². The van der Waals surface area contributed by atoms with Gasteiger partial charge in [0.2, 0.25) is 15.9 Å². The zero-order chi connectivity index (χ0) is 18.7. The molecule has 0 aliphatic carbocycles. The van der Waals surface area contributed by atoms with Crippen LogP contribution < -0.4 is 10.6 Å². The summed E-state index contributed by atoms with van der Waals surface area (Å²) in [6.45, 7) is 9.03. The van der Waals surface area contributed by atoms with Crippen molar-refractivity contribution in [3.05, 3.63) is 23.8 Å². The highest BCUT2D eigenvalue weighted by atomic mass is 32.2. The molecule has 6 nitrogen and oxygen atoms in total. The lowest BCUT2D eigenvalue weighted by Gasteiger charge is -2.26. The molecule has 1 heterocycles. The molecule has 0 radical (unpaired) electrons. The maximum absolute atomic E-state index is 12.9. The van der Waals surface area contributed by atoms with Crippen LogP contribution in [0.15, 0.2) is 23.1 Å². The Morgan fingerprint density at radius 1 is 1.16 bits per heavy atom. The van der Waals surface area contributed by atoms with E-state index in [0.29, 0.717) is 24.3 Å². The van der Waals surface area contributed by atoms with Crippen molar-refractivity contribution in [1.82, 2.24) is 9.62 Å². The normalized spacial score (nSPS) is 16.6. The van der Waals surface area contributed by atoms with Gasteiger partial charge in [-0.2, -0.15) is 4.31 Å². The number of anilines is 1. The van der Waals surface area contributed by atoms with Crippen LogP contribution in [0.2, 0.25) is 0 Å². The Bertz CT molecular complexity index is 718. The van der Waals surface area contributed by atoms with Gasteiger partial charge in [0.1, 0.15) is 0 Å². The largest absolute Gasteiger partial charge is 0.325 e. The minimum atomic E-state index is -3.52. The van der Waals surface area contributed by atoms with Gasteiger partial charge in [-0.05, 0) is 58.2 Å². The lowest BCUT2D eigenvalue weighted by Crippen LogP contribution is -2.41. The first kappa shape index (κ1) is 19.9. The molecular formula is C18H29N3O3S. The summed E-state index contributed by atoms with van der Waals surface area (Å²) in [5, 5.41) is 5.88. The molecule has 0 saturated carbocycles. The molecule has 0 bridgehead atoms. The summed E-state index contributed by atoms with van der Waals surface area (Å²) in [5.74, 6) is -0.194. The number of aryl methyl sites for hydroxylation is 1. The van der Waals surface area contributed by atoms with Gasteiger partial charge in [-0.3, -0.25) is 4.79 Å². The third-order valence-electron chi connectivity index (χ3n) is 4.18. The molecule has 0 aromatic heterocycles. The minimum Gasteiger partial charge on any atom is -0.325 e. The molecular weight excluding hydrogens is 338 g/mol. The Morgan fingerprint density at radius 3 is 2.40 bits per heavy atom. The first-order chi connectivity index (χ1) is 11.6. The van der Waals surface area contributed by atoms with E-state index in [1.807, 2.05) is 20.8 Å². The highest BCUT2D eigenvalue weighted by Gasteiger charge is 2.27. The molecule has 0 unspecified atom stereocenters. The molecule has 1 amide bonds. The fourth-order valence-electron chi connectivity index (χ4n) is 2.75. The van der Waals surface area contributed by atoms with Crippen molar-refractivity contribution in [2.75, 3.05) is 25.0 Å². The van der Waals surface area contributed by atoms with E-state index in [9.17, 15) is 13.2 Å². The number of carbonyl (C=O) groups excluding carboxylic acids is 1. The molecule has 2 rings (SSSR count). The van der Waals surface area contributed by atoms with E-state index in [2.05, 4.69) is 10.6 Å². The Kier molecular flexibility index (Phi) is 6.24. The van der Waals surface area contributed by atoms with Crippen molar-refractivity contribution >= 4 is 21.6 Å². The maximum Gasteiger partial charge on any atom is 0.243 e. The number of sulfonamides is 1. The smallest absolute Gasteiger partial charge is 0.243 e. The maximum atomic E-state index is 12.9. The van der Waals surface area contributed by atoms with E-state index < -0.39 is 10.0 Å². The van der Waals surface area contributed by atoms with Crippen LogP contribution in [-0.4, -0.2) is 43.8 Å². The van der Waals surface area contributed by atoms with Crippen molar-refractivity contribution in [3.63, 3.8) is 0 Å². The summed E-state index contributed by atoms with van der Waals surface area (Å²) in [6, 6.07) is 5.04. The van der Waals surface area contributed by atoms with Crippen LogP contribution in [0.25, 0.3) is 0 Å². The third-order valence-corrected chi connectivity index (χ3v) is 6.22. The van der Waals surface area contributed by atoms with Gasteiger partial charge in [0.05, 0.1) is 11.4 Å². The van der Waals surface area contributed by atoms with Gasteiger partial charge < -0.3 is 10.6 Å². The number of hydrogen-bond donors (Lipinski definition) is 2. The Morgan fingerprint density at radius 2 is 1.80 bits per heavy atom. The van der Waals surface area contributed by atoms with Gasteiger partial charge in [0.25, 0.3) is 0 Å². The standard InChI is InChI=1S/C18H29N3O3S/c1-14-8-9-15(20-17(22)13-19-18(2,3)4)12-16(14)25(23,24)21-10-6-5-7-11-21/h8-9,12,19H,5-7,10-11,13H2,1-4H3,(H,20,22). The second kappa shape index (κ2) is 7.85. The topological polar surface area (TPSA) is 78.5 Å². The van der Waals surface area contributed by atoms with Crippen molar-refractivity contribution in [1.29, 1.82) is 0 Å². The molecule has 1 aliphatic rings. The highest BCUT2D eigenvalue weighted by molar-refractivity contribution is 7.89. The third kappa shape index (κ3) is 5.52. The van der Waals surface area contributed by atoms with Crippen molar-refractivity contribution in [2.45, 2.75) is 57.4 Å². The van der Waals surface area contributed by atoms with Crippen LogP contribution in [0.4, 0.5) is 5.69 Å². The van der Waals surface area contributed by atoms with Crippen LogP contribution in [0, 0.1) is 6.92 Å². The average Bonchev–Trinajstić information content (AvgIpc) is 2.55. The van der Waals surface area contributed by atoms with Crippen molar-refractivity contribution in [2.24, 2.45) is 0 Å². The molecule has 25 heavy (non-hydrogen) atoms. The summed E-state index contributed by atoms with van der Waals surface area (Å²) >= 11 is 0. The number of carbonyl (C=O) groups is 1. The van der Waals surface area contributed by atoms with Gasteiger partial charge in [0, 0.05) is 24.3 Å². The van der Waals surface area contributed by atoms with E-state index >= 15 is 0 Å². The summed E-state index contributed by atoms with van der Waals surface area (Å²) in [5.41, 5.74) is 1.03. The molecule has 1 fully saturated rings. The molecule has 140 valence electrons. The number of nitrogens with zero attached hydrogens (tertiary/aromatic N) is 1. The Labute approximate surface area is 151 Å². The number of hydrogen-bond acceptors (Lipinski definition) is 4. The predicted molar refractivity (Wildman–Crippen MR) is 100 cm³/mol. The van der Waals surface area contributed by atoms with E-state index in [0.717, 1.165) is 19.3 Å². The second-order valence-corrected chi connectivity index (χ2v) is 9.50. The molecule has 0 atom stereocenters. The molecule has 2 N–H and O–H groups in total. The van der Waals surface area contributed by atoms with Gasteiger partial charge >= 0.3 is 0 Å². The number of rotatable bonds is 5. The first-order valence-electron chi connectivity index (χ1n) is 8.75.